The molecule has 0 atom stereocenters. The summed E-state index contributed by atoms with van der Waals surface area (Å²) in [7, 11) is 0. The minimum atomic E-state index is 0.882. The van der Waals surface area contributed by atoms with Gasteiger partial charge in [-0.2, -0.15) is 0 Å². The minimum Gasteiger partial charge on any atom is -0.384 e. The van der Waals surface area contributed by atoms with Gasteiger partial charge < -0.3 is 10.6 Å². The van der Waals surface area contributed by atoms with Crippen molar-refractivity contribution in [2.45, 2.75) is 26.2 Å². The number of hydrogen-bond donors (Lipinski definition) is 2. The van der Waals surface area contributed by atoms with Crippen LogP contribution in [-0.2, 0) is 0 Å². The zero-order valence-electron chi connectivity index (χ0n) is 15.7. The summed E-state index contributed by atoms with van der Waals surface area (Å²) in [6, 6.07) is 11.7. The molecule has 0 radical (unpaired) electrons. The lowest BCUT2D eigenvalue weighted by Gasteiger charge is -2.10. The molecule has 0 saturated carbocycles. The summed E-state index contributed by atoms with van der Waals surface area (Å²) >= 11 is 0. The highest BCUT2D eigenvalue weighted by atomic mass is 14.9. The molecule has 4 heteroatoms. The number of unbranched alkanes of at least 4 members (excludes halogenated alkanes) is 2. The summed E-state index contributed by atoms with van der Waals surface area (Å²) in [4.78, 5) is 8.54. The summed E-state index contributed by atoms with van der Waals surface area (Å²) in [6.07, 6.45) is 8.66. The third kappa shape index (κ3) is 8.83. The van der Waals surface area contributed by atoms with Gasteiger partial charge in [0.15, 0.2) is 0 Å². The Hall–Kier alpha value is -2.88. The van der Waals surface area contributed by atoms with Crippen molar-refractivity contribution in [2.24, 2.45) is 0 Å². The molecule has 2 N–H and O–H groups in total. The zero-order valence-corrected chi connectivity index (χ0v) is 15.7. The number of allylic oxidation sites excluding steroid dienone is 1. The minimum absolute atomic E-state index is 0.882. The van der Waals surface area contributed by atoms with E-state index < -0.39 is 0 Å². The number of rotatable bonds is 10. The molecule has 2 aromatic heterocycles. The fourth-order valence-electron chi connectivity index (χ4n) is 2.17. The van der Waals surface area contributed by atoms with Crippen LogP contribution in [0.25, 0.3) is 11.4 Å². The summed E-state index contributed by atoms with van der Waals surface area (Å²) in [6.45, 7) is 15.1. The molecule has 0 aliphatic carbocycles. The second-order valence-electron chi connectivity index (χ2n) is 5.71. The standard InChI is InChI=1S/C19H24N4.C3H6/c1-16(18-10-4-8-14-22-18)20-12-6-3-7-13-21-17(2)19-11-5-9-15-23-19;1-3-2/h4-5,8-11,14-15,20-21H,1-3,6-7,12-13H2;3H,1H2,2H3. The van der Waals surface area contributed by atoms with Crippen LogP contribution in [0.4, 0.5) is 0 Å². The van der Waals surface area contributed by atoms with Crippen LogP contribution in [0.5, 0.6) is 0 Å². The molecule has 0 amide bonds. The van der Waals surface area contributed by atoms with Gasteiger partial charge in [-0.15, -0.1) is 6.58 Å². The van der Waals surface area contributed by atoms with Gasteiger partial charge in [-0.05, 0) is 50.5 Å². The molecule has 0 fully saturated rings. The van der Waals surface area contributed by atoms with Crippen molar-refractivity contribution in [3.05, 3.63) is 86.0 Å². The highest BCUT2D eigenvalue weighted by Gasteiger charge is 1.99. The highest BCUT2D eigenvalue weighted by molar-refractivity contribution is 5.58. The highest BCUT2D eigenvalue weighted by Crippen LogP contribution is 2.06. The zero-order chi connectivity index (χ0) is 19.0. The molecule has 0 bridgehead atoms. The van der Waals surface area contributed by atoms with Crippen LogP contribution in [0.1, 0.15) is 37.6 Å². The Balaban J connectivity index is 0.00000105. The average molecular weight is 351 g/mol. The molecule has 4 nitrogen and oxygen atoms in total. The van der Waals surface area contributed by atoms with Crippen LogP contribution in [0.3, 0.4) is 0 Å². The van der Waals surface area contributed by atoms with Gasteiger partial charge in [-0.1, -0.05) is 31.4 Å². The molecule has 0 saturated heterocycles. The summed E-state index contributed by atoms with van der Waals surface area (Å²) in [5, 5.41) is 6.64. The largest absolute Gasteiger partial charge is 0.384 e. The fourth-order valence-corrected chi connectivity index (χ4v) is 2.17. The number of aromatic nitrogens is 2. The van der Waals surface area contributed by atoms with E-state index in [-0.39, 0.29) is 0 Å². The second-order valence-corrected chi connectivity index (χ2v) is 5.71. The van der Waals surface area contributed by atoms with Gasteiger partial charge in [0.25, 0.3) is 0 Å². The molecule has 0 aliphatic rings. The van der Waals surface area contributed by atoms with E-state index in [4.69, 9.17) is 0 Å². The molecule has 2 aromatic rings. The monoisotopic (exact) mass is 350 g/mol. The maximum atomic E-state index is 4.27. The Morgan fingerprint density at radius 2 is 1.27 bits per heavy atom. The molecule has 0 aromatic carbocycles. The van der Waals surface area contributed by atoms with E-state index in [1.807, 2.05) is 43.3 Å². The SMILES string of the molecule is C=C(NCCCCCNC(=C)c1ccccn1)c1ccccn1.C=CC. The van der Waals surface area contributed by atoms with E-state index in [1.54, 1.807) is 18.5 Å². The fraction of sp³-hybridized carbons (Fsp3) is 0.273. The van der Waals surface area contributed by atoms with Crippen molar-refractivity contribution in [1.82, 2.24) is 20.6 Å². The van der Waals surface area contributed by atoms with Gasteiger partial charge in [0, 0.05) is 25.5 Å². The van der Waals surface area contributed by atoms with Crippen LogP contribution in [0, 0.1) is 0 Å². The first-order chi connectivity index (χ1) is 12.7. The van der Waals surface area contributed by atoms with Crippen LogP contribution < -0.4 is 10.6 Å². The van der Waals surface area contributed by atoms with Crippen LogP contribution >= 0.6 is 0 Å². The topological polar surface area (TPSA) is 49.8 Å². The Morgan fingerprint density at radius 1 is 0.846 bits per heavy atom. The van der Waals surface area contributed by atoms with E-state index in [1.165, 1.54) is 0 Å². The van der Waals surface area contributed by atoms with E-state index >= 15 is 0 Å². The number of hydrogen-bond acceptors (Lipinski definition) is 4. The Kier molecular flexibility index (Phi) is 10.9. The lowest BCUT2D eigenvalue weighted by molar-refractivity contribution is 0.644. The summed E-state index contributed by atoms with van der Waals surface area (Å²) in [5.74, 6) is 0. The molecule has 0 spiro atoms. The quantitative estimate of drug-likeness (QED) is 0.483. The third-order valence-corrected chi connectivity index (χ3v) is 3.48. The van der Waals surface area contributed by atoms with E-state index in [9.17, 15) is 0 Å². The van der Waals surface area contributed by atoms with Gasteiger partial charge >= 0.3 is 0 Å². The van der Waals surface area contributed by atoms with Gasteiger partial charge in [0.05, 0.1) is 22.8 Å². The van der Waals surface area contributed by atoms with Crippen molar-refractivity contribution in [2.75, 3.05) is 13.1 Å². The smallest absolute Gasteiger partial charge is 0.0854 e. The van der Waals surface area contributed by atoms with Crippen molar-refractivity contribution >= 4 is 11.4 Å². The van der Waals surface area contributed by atoms with Gasteiger partial charge in [0.1, 0.15) is 0 Å². The Morgan fingerprint density at radius 3 is 1.62 bits per heavy atom. The molecule has 2 rings (SSSR count). The molecule has 138 valence electrons. The molecule has 2 heterocycles. The van der Waals surface area contributed by atoms with E-state index in [0.29, 0.717) is 0 Å². The maximum absolute atomic E-state index is 4.27. The lowest BCUT2D eigenvalue weighted by atomic mass is 10.2. The maximum Gasteiger partial charge on any atom is 0.0854 e. The van der Waals surface area contributed by atoms with Crippen molar-refractivity contribution in [3.8, 4) is 0 Å². The average Bonchev–Trinajstić information content (AvgIpc) is 2.69. The van der Waals surface area contributed by atoms with Gasteiger partial charge in [-0.25, -0.2) is 0 Å². The van der Waals surface area contributed by atoms with Gasteiger partial charge in [-0.3, -0.25) is 9.97 Å². The molecular formula is C22H30N4. The van der Waals surface area contributed by atoms with E-state index in [0.717, 1.165) is 55.1 Å². The predicted octanol–water partition coefficient (Wildman–Crippen LogP) is 4.66. The number of nitrogens with one attached hydrogen (secondary N) is 2. The molecular weight excluding hydrogens is 320 g/mol. The summed E-state index contributed by atoms with van der Waals surface area (Å²) in [5.41, 5.74) is 3.57. The first-order valence-electron chi connectivity index (χ1n) is 8.94. The normalized spacial score (nSPS) is 9.42. The first-order valence-corrected chi connectivity index (χ1v) is 8.94. The van der Waals surface area contributed by atoms with Crippen molar-refractivity contribution in [1.29, 1.82) is 0 Å². The first kappa shape index (κ1) is 21.2. The Labute approximate surface area is 157 Å². The molecule has 26 heavy (non-hydrogen) atoms. The lowest BCUT2D eigenvalue weighted by Crippen LogP contribution is -2.16. The van der Waals surface area contributed by atoms with Crippen LogP contribution in [0.2, 0.25) is 0 Å². The molecule has 0 aliphatic heterocycles. The number of nitrogens with zero attached hydrogens (tertiary/aromatic N) is 2. The van der Waals surface area contributed by atoms with Gasteiger partial charge in [0.2, 0.25) is 0 Å². The second kappa shape index (κ2) is 13.4. The van der Waals surface area contributed by atoms with E-state index in [2.05, 4.69) is 40.3 Å². The Bertz CT molecular complexity index is 595. The van der Waals surface area contributed by atoms with Crippen molar-refractivity contribution in [3.63, 3.8) is 0 Å². The third-order valence-electron chi connectivity index (χ3n) is 3.48. The van der Waals surface area contributed by atoms with Crippen LogP contribution in [0.15, 0.2) is 74.6 Å². The van der Waals surface area contributed by atoms with Crippen molar-refractivity contribution < 1.29 is 0 Å². The predicted molar refractivity (Wildman–Crippen MR) is 112 cm³/mol. The molecule has 0 unspecified atom stereocenters. The summed E-state index contributed by atoms with van der Waals surface area (Å²) < 4.78 is 0. The van der Waals surface area contributed by atoms with Crippen LogP contribution in [-0.4, -0.2) is 23.1 Å². The number of pyridine rings is 2.